The minimum Gasteiger partial charge on any atom is -0.496 e. The van der Waals surface area contributed by atoms with Crippen LogP contribution in [0.5, 0.6) is 17.2 Å². The molecular weight excluding hydrogens is 1440 g/mol. The maximum absolute atomic E-state index is 11.0. The normalized spacial score (nSPS) is 15.8. The molecule has 0 radical (unpaired) electrons. The number of aliphatic carboxylic acids is 10. The van der Waals surface area contributed by atoms with Crippen molar-refractivity contribution in [3.8, 4) is 17.2 Å². The van der Waals surface area contributed by atoms with Crippen LogP contribution in [0.3, 0.4) is 0 Å². The molecule has 2 aliphatic carbocycles. The van der Waals surface area contributed by atoms with E-state index in [0.717, 1.165) is 40.5 Å². The number of thioether (sulfide) groups is 1. The maximum Gasteiger partial charge on any atom is 0.372 e. The lowest BCUT2D eigenvalue weighted by atomic mass is 9.56. The van der Waals surface area contributed by atoms with E-state index in [1.54, 1.807) is 48.5 Å². The lowest BCUT2D eigenvalue weighted by Crippen LogP contribution is -2.59. The standard InChI is InChI=1S/C13H16O5.C12H9ClO2S.C12H10O4.C8H8O8.C8H14O3.C7H9O3P.C4H2Cl4O2/c1-8(13(14)15)5-9-6-11(17-3)12(18-4)7-10(9)16-2;13-9-5-1-3-8-4-2-6-10(12(8)9)16-7-11(14)15;13-11(14)9-5-6-10(12(15)16)8-4-2-1-3-7(8)9;9-5(10)1-2(6(11)12)4(8(15)16)3(1)7(13)14;1-2-3-4-5-6-7(9)8(10)11;1-6-2-4-7(5-3-6)11(8,9)10;5-2(1-3(9)10)4(6,7)8/h5-7H,1-4H3,(H,14,15);1-6H,7H2,(H,14,15);1-5,10H,6H2,(H,13,14)(H,15,16);1-4H,(H,9,10)(H,11,12)(H,13,14)(H,15,16);2-6H2,1H3,(H,10,11);2-5H,1H3,(H2,8,9,10);1H,(H,9,10)/b;;;;;;2-1+. The van der Waals surface area contributed by atoms with E-state index < -0.39 is 106 Å². The first-order chi connectivity index (χ1) is 45.6. The number of allylic oxidation sites excluding steroid dienone is 2. The fourth-order valence-corrected chi connectivity index (χ4v) is 10.6. The second-order valence-electron chi connectivity index (χ2n) is 20.2. The highest BCUT2D eigenvalue weighted by Gasteiger charge is 2.64. The highest BCUT2D eigenvalue weighted by molar-refractivity contribution is 8.00. The van der Waals surface area contributed by atoms with Gasteiger partial charge in [0.05, 0.1) is 72.6 Å². The summed E-state index contributed by atoms with van der Waals surface area (Å²) in [7, 11) is 0.510. The number of fused-ring (bicyclic) bond motifs is 2. The molecule has 2 aliphatic rings. The number of methoxy groups -OCH3 is 3. The molecule has 0 aliphatic heterocycles. The number of rotatable bonds is 22. The second-order valence-corrected chi connectivity index (χ2v) is 25.9. The van der Waals surface area contributed by atoms with Gasteiger partial charge in [0.2, 0.25) is 9.58 Å². The molecule has 0 aromatic heterocycles. The maximum atomic E-state index is 11.0. The number of carbonyl (C=O) groups excluding carboxylic acids is 1. The number of halogens is 5. The van der Waals surface area contributed by atoms with Gasteiger partial charge >= 0.3 is 67.3 Å². The average molecular weight is 1510 g/mol. The number of hydrogen-bond acceptors (Lipinski definition) is 16. The van der Waals surface area contributed by atoms with Crippen LogP contribution in [0, 0.1) is 30.6 Å². The molecule has 34 heteroatoms. The first-order valence-electron chi connectivity index (χ1n) is 28.1. The largest absolute Gasteiger partial charge is 0.496 e. The van der Waals surface area contributed by atoms with E-state index in [4.69, 9.17) is 133 Å². The summed E-state index contributed by atoms with van der Waals surface area (Å²) in [4.78, 5) is 135. The molecule has 532 valence electrons. The van der Waals surface area contributed by atoms with Gasteiger partial charge < -0.3 is 75.1 Å². The van der Waals surface area contributed by atoms with Crippen molar-refractivity contribution in [2.45, 2.75) is 73.9 Å². The van der Waals surface area contributed by atoms with Crippen LogP contribution >= 0.6 is 77.4 Å². The third-order valence-corrected chi connectivity index (χ3v) is 17.0. The van der Waals surface area contributed by atoms with E-state index in [-0.39, 0.29) is 40.1 Å². The number of benzene rings is 5. The molecule has 12 N–H and O–H groups in total. The third-order valence-electron chi connectivity index (χ3n) is 13.4. The summed E-state index contributed by atoms with van der Waals surface area (Å²) in [5.41, 5.74) is 3.09. The number of ketones is 1. The summed E-state index contributed by atoms with van der Waals surface area (Å²) in [6, 6.07) is 27.7. The molecule has 27 nitrogen and oxygen atoms in total. The van der Waals surface area contributed by atoms with Crippen LogP contribution in [-0.4, -0.2) is 157 Å². The lowest BCUT2D eigenvalue weighted by Gasteiger charge is -2.42. The summed E-state index contributed by atoms with van der Waals surface area (Å²) in [6.45, 7) is 5.45. The number of carbonyl (C=O) groups is 11. The summed E-state index contributed by atoms with van der Waals surface area (Å²) in [5, 5.41) is 88.8. The predicted molar refractivity (Wildman–Crippen MR) is 362 cm³/mol. The molecule has 0 bridgehead atoms. The highest BCUT2D eigenvalue weighted by Crippen LogP contribution is 2.47. The van der Waals surface area contributed by atoms with Gasteiger partial charge in [-0.05, 0) is 79.6 Å². The Bertz CT molecular complexity index is 3740. The molecule has 5 aromatic carbocycles. The van der Waals surface area contributed by atoms with Gasteiger partial charge in [-0.3, -0.25) is 38.1 Å². The van der Waals surface area contributed by atoms with Gasteiger partial charge in [-0.25, -0.2) is 19.2 Å². The monoisotopic (exact) mass is 1510 g/mol. The number of carboxylic acid groups (broad SMARTS) is 10. The summed E-state index contributed by atoms with van der Waals surface area (Å²) >= 11 is 28.2. The van der Waals surface area contributed by atoms with Crippen LogP contribution in [-0.2, 0) is 57.3 Å². The quantitative estimate of drug-likeness (QED) is 0.00764. The van der Waals surface area contributed by atoms with Crippen molar-refractivity contribution in [2.75, 3.05) is 27.1 Å². The molecule has 5 aromatic rings. The van der Waals surface area contributed by atoms with Gasteiger partial charge in [-0.1, -0.05) is 156 Å². The second kappa shape index (κ2) is 42.2. The van der Waals surface area contributed by atoms with Crippen LogP contribution < -0.4 is 19.5 Å². The van der Waals surface area contributed by atoms with Gasteiger partial charge in [-0.2, -0.15) is 0 Å². The Hall–Kier alpha value is -8.70. The Morgan fingerprint density at radius 3 is 1.54 bits per heavy atom. The number of Topliss-reactive ketones (excluding diaryl/α,β-unsaturated/α-hetero) is 1. The molecule has 0 heterocycles. The summed E-state index contributed by atoms with van der Waals surface area (Å²) in [5.74, 6) is -19.2. The zero-order valence-electron chi connectivity index (χ0n) is 52.5. The fraction of sp³-hybridized carbons (Fsp3) is 0.297. The Labute approximate surface area is 588 Å². The Balaban J connectivity index is 0.000000577. The van der Waals surface area contributed by atoms with Gasteiger partial charge in [0.25, 0.3) is 0 Å². The minimum absolute atomic E-state index is 0.0460. The molecule has 0 spiro atoms. The predicted octanol–water partition coefficient (Wildman–Crippen LogP) is 11.4. The van der Waals surface area contributed by atoms with Crippen molar-refractivity contribution in [2.24, 2.45) is 23.7 Å². The first kappa shape index (κ1) is 87.3. The lowest BCUT2D eigenvalue weighted by molar-refractivity contribution is -0.191. The van der Waals surface area contributed by atoms with Gasteiger partial charge in [0.1, 0.15) is 5.75 Å². The fourth-order valence-electron chi connectivity index (χ4n) is 8.66. The number of alkyl halides is 3. The number of hydrogen-bond donors (Lipinski definition) is 12. The molecule has 0 amide bonds. The molecule has 0 saturated heterocycles. The molecule has 1 saturated carbocycles. The van der Waals surface area contributed by atoms with Crippen LogP contribution in [0.25, 0.3) is 22.4 Å². The van der Waals surface area contributed by atoms with E-state index in [1.807, 2.05) is 43.3 Å². The summed E-state index contributed by atoms with van der Waals surface area (Å²) in [6.07, 6.45) is 7.87. The van der Waals surface area contributed by atoms with Crippen LogP contribution in [0.2, 0.25) is 5.02 Å². The zero-order valence-corrected chi connectivity index (χ0v) is 58.0. The van der Waals surface area contributed by atoms with E-state index in [2.05, 4.69) is 6.92 Å². The average Bonchev–Trinajstić information content (AvgIpc) is 0.739. The topological polar surface area (TPSA) is 475 Å². The SMILES string of the molecule is CCCCCCC(=O)C(=O)O.COc1cc(OC)c(OC)cc1C=C(C)C(=O)O.Cc1ccc(P(=O)(O)O)cc1.O=C(O)/C=C(/Cl)C(Cl)(Cl)Cl.O=C(O)C1=CCC(C(=O)O)c2ccccc21.O=C(O)C1C(C(=O)O)C(C(=O)O)C1C(=O)O.O=C(O)CSc1cccc2cccc(Cl)c12. The molecule has 1 fully saturated rings. The van der Waals surface area contributed by atoms with Crippen molar-refractivity contribution in [3.05, 3.63) is 147 Å². The minimum atomic E-state index is -4.04. The Morgan fingerprint density at radius 2 is 1.13 bits per heavy atom. The molecular formula is C64H68Cl5O27PS. The first-order valence-corrected chi connectivity index (χ1v) is 32.6. The van der Waals surface area contributed by atoms with Crippen LogP contribution in [0.1, 0.15) is 80.5 Å². The Morgan fingerprint density at radius 1 is 0.633 bits per heavy atom. The van der Waals surface area contributed by atoms with E-state index in [0.29, 0.717) is 51.5 Å². The number of unbranched alkanes of at least 4 members (excludes halogenated alkanes) is 3. The third kappa shape index (κ3) is 28.8. The highest BCUT2D eigenvalue weighted by atomic mass is 35.6. The van der Waals surface area contributed by atoms with Gasteiger partial charge in [0, 0.05) is 45.0 Å². The van der Waals surface area contributed by atoms with Gasteiger partial charge in [0.15, 0.2) is 11.5 Å². The van der Waals surface area contributed by atoms with Crippen LogP contribution in [0.4, 0.5) is 0 Å². The van der Waals surface area contributed by atoms with Crippen molar-refractivity contribution in [3.63, 3.8) is 0 Å². The van der Waals surface area contributed by atoms with Gasteiger partial charge in [-0.15, -0.1) is 11.8 Å². The molecule has 1 unspecified atom stereocenters. The van der Waals surface area contributed by atoms with Crippen molar-refractivity contribution >= 4 is 171 Å². The summed E-state index contributed by atoms with van der Waals surface area (Å²) < 4.78 is 24.3. The molecule has 98 heavy (non-hydrogen) atoms. The van der Waals surface area contributed by atoms with Crippen LogP contribution in [0.15, 0.2) is 125 Å². The smallest absolute Gasteiger partial charge is 0.372 e. The number of carboxylic acids is 10. The number of ether oxygens (including phenoxy) is 3. The zero-order chi connectivity index (χ0) is 75.1. The molecule has 1 atom stereocenters. The van der Waals surface area contributed by atoms with Crippen molar-refractivity contribution in [1.29, 1.82) is 0 Å². The van der Waals surface area contributed by atoms with E-state index >= 15 is 0 Å². The van der Waals surface area contributed by atoms with E-state index in [9.17, 15) is 57.3 Å². The van der Waals surface area contributed by atoms with E-state index in [1.165, 1.54) is 64.3 Å². The Kier molecular flexibility index (Phi) is 37.6. The van der Waals surface area contributed by atoms with Crippen molar-refractivity contribution < 1.29 is 132 Å². The number of aryl methyl sites for hydroxylation is 1. The van der Waals surface area contributed by atoms with Crippen molar-refractivity contribution in [1.82, 2.24) is 0 Å². The molecule has 7 rings (SSSR count).